The number of benzene rings is 1. The van der Waals surface area contributed by atoms with Crippen molar-refractivity contribution in [2.45, 2.75) is 19.8 Å². The molecule has 0 aliphatic rings. The van der Waals surface area contributed by atoms with Crippen molar-refractivity contribution in [3.05, 3.63) is 40.4 Å². The summed E-state index contributed by atoms with van der Waals surface area (Å²) in [5, 5.41) is 0. The van der Waals surface area contributed by atoms with Gasteiger partial charge in [-0.15, -0.1) is 0 Å². The van der Waals surface area contributed by atoms with Gasteiger partial charge in [0.15, 0.2) is 0 Å². The fourth-order valence-corrected chi connectivity index (χ4v) is 1.87. The molecule has 0 fully saturated rings. The Kier molecular flexibility index (Phi) is 5.56. The topological polar surface area (TPSA) is 35.2 Å². The van der Waals surface area contributed by atoms with Crippen LogP contribution in [0, 0.1) is 0 Å². The lowest BCUT2D eigenvalue weighted by atomic mass is 10.1. The van der Waals surface area contributed by atoms with Crippen LogP contribution in [0.5, 0.6) is 5.75 Å². The van der Waals surface area contributed by atoms with Crippen molar-refractivity contribution in [2.24, 2.45) is 5.73 Å². The van der Waals surface area contributed by atoms with Gasteiger partial charge in [0.25, 0.3) is 0 Å². The molecule has 2 N–H and O–H groups in total. The Bertz CT molecular complexity index is 363. The van der Waals surface area contributed by atoms with Crippen LogP contribution in [0.4, 0.5) is 0 Å². The quantitative estimate of drug-likeness (QED) is 0.813. The summed E-state index contributed by atoms with van der Waals surface area (Å²) in [6, 6.07) is 6.02. The molecule has 0 unspecified atom stereocenters. The van der Waals surface area contributed by atoms with Crippen LogP contribution in [0.25, 0.3) is 0 Å². The molecular weight excluding hydrogens is 266 g/mol. The van der Waals surface area contributed by atoms with Crippen LogP contribution < -0.4 is 10.5 Å². The first kappa shape index (κ1) is 13.3. The summed E-state index contributed by atoms with van der Waals surface area (Å²) >= 11 is 3.49. The van der Waals surface area contributed by atoms with E-state index < -0.39 is 0 Å². The maximum atomic E-state index is 5.77. The molecule has 0 atom stereocenters. The summed E-state index contributed by atoms with van der Waals surface area (Å²) in [7, 11) is 0. The average molecular weight is 284 g/mol. The number of hydrogen-bond acceptors (Lipinski definition) is 2. The highest BCUT2D eigenvalue weighted by Gasteiger charge is 2.07. The molecule has 0 aliphatic heterocycles. The molecular formula is C13H18BrNO. The van der Waals surface area contributed by atoms with E-state index in [-0.39, 0.29) is 0 Å². The Morgan fingerprint density at radius 3 is 2.88 bits per heavy atom. The highest BCUT2D eigenvalue weighted by atomic mass is 79.9. The molecule has 16 heavy (non-hydrogen) atoms. The first-order valence-electron chi connectivity index (χ1n) is 5.46. The van der Waals surface area contributed by atoms with Crippen LogP contribution in [-0.4, -0.2) is 13.2 Å². The summed E-state index contributed by atoms with van der Waals surface area (Å²) in [6.07, 6.45) is 1.77. The Morgan fingerprint density at radius 2 is 2.25 bits per heavy atom. The molecule has 0 amide bonds. The smallest absolute Gasteiger partial charge is 0.137 e. The summed E-state index contributed by atoms with van der Waals surface area (Å²) in [4.78, 5) is 0. The van der Waals surface area contributed by atoms with Gasteiger partial charge in [-0.3, -0.25) is 0 Å². The van der Waals surface area contributed by atoms with Gasteiger partial charge in [-0.1, -0.05) is 25.6 Å². The van der Waals surface area contributed by atoms with Gasteiger partial charge in [0, 0.05) is 0 Å². The van der Waals surface area contributed by atoms with Gasteiger partial charge >= 0.3 is 0 Å². The second-order valence-electron chi connectivity index (χ2n) is 3.66. The second-order valence-corrected chi connectivity index (χ2v) is 4.51. The Hall–Kier alpha value is -0.800. The van der Waals surface area contributed by atoms with Crippen molar-refractivity contribution >= 4 is 15.9 Å². The van der Waals surface area contributed by atoms with E-state index in [1.165, 1.54) is 0 Å². The molecule has 1 aromatic rings. The number of rotatable bonds is 6. The Balaban J connectivity index is 2.79. The molecule has 0 saturated carbocycles. The zero-order valence-corrected chi connectivity index (χ0v) is 11.2. The predicted molar refractivity (Wildman–Crippen MR) is 71.8 cm³/mol. The van der Waals surface area contributed by atoms with Gasteiger partial charge in [0.05, 0.1) is 4.47 Å². The van der Waals surface area contributed by atoms with Gasteiger partial charge in [0.2, 0.25) is 0 Å². The normalized spacial score (nSPS) is 10.2. The predicted octanol–water partition coefficient (Wildman–Crippen LogP) is 3.30. The number of para-hydroxylation sites is 1. The molecule has 0 spiro atoms. The summed E-state index contributed by atoms with van der Waals surface area (Å²) in [6.45, 7) is 7.20. The van der Waals surface area contributed by atoms with Gasteiger partial charge in [-0.25, -0.2) is 0 Å². The van der Waals surface area contributed by atoms with Gasteiger partial charge in [-0.2, -0.15) is 0 Å². The van der Waals surface area contributed by atoms with E-state index in [0.717, 1.165) is 34.2 Å². The highest BCUT2D eigenvalue weighted by molar-refractivity contribution is 9.10. The maximum absolute atomic E-state index is 5.77. The van der Waals surface area contributed by atoms with Gasteiger partial charge in [-0.05, 0) is 52.5 Å². The van der Waals surface area contributed by atoms with Crippen LogP contribution in [0.3, 0.4) is 0 Å². The molecule has 0 radical (unpaired) electrons. The molecule has 1 aromatic carbocycles. The lowest BCUT2D eigenvalue weighted by Gasteiger charge is -2.13. The van der Waals surface area contributed by atoms with E-state index >= 15 is 0 Å². The van der Waals surface area contributed by atoms with Crippen molar-refractivity contribution < 1.29 is 4.74 Å². The summed E-state index contributed by atoms with van der Waals surface area (Å²) < 4.78 is 6.75. The Labute approximate surface area is 106 Å². The molecule has 88 valence electrons. The molecule has 1 rings (SSSR count). The lowest BCUT2D eigenvalue weighted by molar-refractivity contribution is 0.343. The van der Waals surface area contributed by atoms with Crippen LogP contribution in [0.1, 0.15) is 18.9 Å². The minimum absolute atomic E-state index is 0.566. The zero-order chi connectivity index (χ0) is 12.0. The minimum atomic E-state index is 0.566. The Morgan fingerprint density at radius 1 is 1.50 bits per heavy atom. The SMILES string of the molecule is C=C(CC)COc1c(Br)cccc1CCN. The van der Waals surface area contributed by atoms with Gasteiger partial charge < -0.3 is 10.5 Å². The van der Waals surface area contributed by atoms with Crippen molar-refractivity contribution in [3.8, 4) is 5.75 Å². The van der Waals surface area contributed by atoms with E-state index in [0.29, 0.717) is 13.2 Å². The first-order valence-corrected chi connectivity index (χ1v) is 6.25. The first-order chi connectivity index (χ1) is 7.69. The van der Waals surface area contributed by atoms with E-state index in [1.807, 2.05) is 18.2 Å². The average Bonchev–Trinajstić information content (AvgIpc) is 2.28. The van der Waals surface area contributed by atoms with Gasteiger partial charge in [0.1, 0.15) is 12.4 Å². The number of halogens is 1. The minimum Gasteiger partial charge on any atom is -0.488 e. The summed E-state index contributed by atoms with van der Waals surface area (Å²) in [5.74, 6) is 0.891. The fraction of sp³-hybridized carbons (Fsp3) is 0.385. The molecule has 3 heteroatoms. The number of nitrogens with two attached hydrogens (primary N) is 1. The van der Waals surface area contributed by atoms with E-state index in [9.17, 15) is 0 Å². The highest BCUT2D eigenvalue weighted by Crippen LogP contribution is 2.29. The third-order valence-electron chi connectivity index (χ3n) is 2.38. The number of hydrogen-bond donors (Lipinski definition) is 1. The van der Waals surface area contributed by atoms with Crippen molar-refractivity contribution in [3.63, 3.8) is 0 Å². The second kappa shape index (κ2) is 6.71. The molecule has 2 nitrogen and oxygen atoms in total. The third kappa shape index (κ3) is 3.65. The van der Waals surface area contributed by atoms with Crippen LogP contribution >= 0.6 is 15.9 Å². The maximum Gasteiger partial charge on any atom is 0.137 e. The van der Waals surface area contributed by atoms with E-state index in [4.69, 9.17) is 10.5 Å². The lowest BCUT2D eigenvalue weighted by Crippen LogP contribution is -2.07. The standard InChI is InChI=1S/C13H18BrNO/c1-3-10(2)9-16-13-11(7-8-15)5-4-6-12(13)14/h4-6H,2-3,7-9,15H2,1H3. The molecule has 0 aliphatic carbocycles. The van der Waals surface area contributed by atoms with Crippen LogP contribution in [-0.2, 0) is 6.42 Å². The summed E-state index contributed by atoms with van der Waals surface area (Å²) in [5.41, 5.74) is 7.80. The molecule has 0 aromatic heterocycles. The molecule has 0 bridgehead atoms. The van der Waals surface area contributed by atoms with Crippen LogP contribution in [0.2, 0.25) is 0 Å². The van der Waals surface area contributed by atoms with E-state index in [1.54, 1.807) is 0 Å². The van der Waals surface area contributed by atoms with Crippen molar-refractivity contribution in [2.75, 3.05) is 13.2 Å². The third-order valence-corrected chi connectivity index (χ3v) is 3.01. The fourth-order valence-electron chi connectivity index (χ4n) is 1.34. The van der Waals surface area contributed by atoms with E-state index in [2.05, 4.69) is 29.4 Å². The molecule has 0 saturated heterocycles. The number of ether oxygens (including phenoxy) is 1. The zero-order valence-electron chi connectivity index (χ0n) is 9.63. The van der Waals surface area contributed by atoms with Crippen molar-refractivity contribution in [1.29, 1.82) is 0 Å². The largest absolute Gasteiger partial charge is 0.488 e. The van der Waals surface area contributed by atoms with Crippen molar-refractivity contribution in [1.82, 2.24) is 0 Å². The molecule has 0 heterocycles. The van der Waals surface area contributed by atoms with Crippen LogP contribution in [0.15, 0.2) is 34.8 Å². The monoisotopic (exact) mass is 283 g/mol.